The van der Waals surface area contributed by atoms with E-state index in [2.05, 4.69) is 29.3 Å². The second-order valence-electron chi connectivity index (χ2n) is 4.83. The van der Waals surface area contributed by atoms with Crippen LogP contribution >= 0.6 is 0 Å². The summed E-state index contributed by atoms with van der Waals surface area (Å²) in [4.78, 5) is 16.0. The number of benzene rings is 1. The number of hydrogen-bond donors (Lipinski definition) is 1. The van der Waals surface area contributed by atoms with Crippen molar-refractivity contribution in [1.82, 2.24) is 15.5 Å². The van der Waals surface area contributed by atoms with Gasteiger partial charge in [0.2, 0.25) is 0 Å². The summed E-state index contributed by atoms with van der Waals surface area (Å²) in [5.41, 5.74) is 1.43. The molecule has 1 aromatic carbocycles. The summed E-state index contributed by atoms with van der Waals surface area (Å²) in [6.45, 7) is 6.55. The van der Waals surface area contributed by atoms with E-state index >= 15 is 0 Å². The number of nitrogens with one attached hydrogen (secondary N) is 1. The van der Waals surface area contributed by atoms with Crippen LogP contribution in [0.3, 0.4) is 0 Å². The van der Waals surface area contributed by atoms with Crippen molar-refractivity contribution in [2.75, 3.05) is 6.54 Å². The molecule has 1 N–H and O–H groups in total. The molecule has 0 saturated heterocycles. The third kappa shape index (κ3) is 3.40. The minimum absolute atomic E-state index is 0.0676. The Balaban J connectivity index is 2.08. The maximum atomic E-state index is 11.8. The highest BCUT2D eigenvalue weighted by molar-refractivity contribution is 5.94. The van der Waals surface area contributed by atoms with Crippen molar-refractivity contribution in [2.24, 2.45) is 5.92 Å². The van der Waals surface area contributed by atoms with Gasteiger partial charge in [-0.3, -0.25) is 4.79 Å². The summed E-state index contributed by atoms with van der Waals surface area (Å²) in [6.07, 6.45) is 0. The van der Waals surface area contributed by atoms with Crippen LogP contribution in [0.2, 0.25) is 0 Å². The van der Waals surface area contributed by atoms with Crippen molar-refractivity contribution < 1.29 is 9.32 Å². The average molecular weight is 259 g/mol. The zero-order valence-electron chi connectivity index (χ0n) is 11.3. The largest absolute Gasteiger partial charge is 0.352 e. The Labute approximate surface area is 112 Å². The summed E-state index contributed by atoms with van der Waals surface area (Å²) in [5.74, 6) is 1.42. The monoisotopic (exact) mass is 259 g/mol. The maximum Gasteiger partial charge on any atom is 0.257 e. The molecule has 1 amide bonds. The van der Waals surface area contributed by atoms with Gasteiger partial charge < -0.3 is 9.84 Å². The van der Waals surface area contributed by atoms with Crippen molar-refractivity contribution in [1.29, 1.82) is 0 Å². The van der Waals surface area contributed by atoms with Crippen molar-refractivity contribution in [2.45, 2.75) is 20.8 Å². The molecule has 0 aliphatic heterocycles. The fraction of sp³-hybridized carbons (Fsp3) is 0.357. The third-order valence-electron chi connectivity index (χ3n) is 2.59. The van der Waals surface area contributed by atoms with Gasteiger partial charge in [-0.25, -0.2) is 0 Å². The highest BCUT2D eigenvalue weighted by Crippen LogP contribution is 2.17. The van der Waals surface area contributed by atoms with E-state index in [1.165, 1.54) is 0 Å². The number of hydrogen-bond acceptors (Lipinski definition) is 4. The fourth-order valence-corrected chi connectivity index (χ4v) is 1.58. The number of carbonyl (C=O) groups is 1. The van der Waals surface area contributed by atoms with Crippen LogP contribution in [0, 0.1) is 12.8 Å². The number of amides is 1. The lowest BCUT2D eigenvalue weighted by Gasteiger charge is -2.07. The topological polar surface area (TPSA) is 68.0 Å². The summed E-state index contributed by atoms with van der Waals surface area (Å²) >= 11 is 0. The first kappa shape index (κ1) is 13.3. The molecule has 1 heterocycles. The predicted octanol–water partition coefficient (Wildman–Crippen LogP) is 2.43. The van der Waals surface area contributed by atoms with Crippen LogP contribution in [-0.4, -0.2) is 22.6 Å². The lowest BCUT2D eigenvalue weighted by atomic mass is 10.1. The number of aromatic nitrogens is 2. The summed E-state index contributed by atoms with van der Waals surface area (Å²) in [5, 5.41) is 6.61. The van der Waals surface area contributed by atoms with Crippen LogP contribution in [0.4, 0.5) is 0 Å². The molecule has 100 valence electrons. The van der Waals surface area contributed by atoms with E-state index in [4.69, 9.17) is 4.52 Å². The molecule has 0 aliphatic carbocycles. The Morgan fingerprint density at radius 1 is 1.32 bits per heavy atom. The van der Waals surface area contributed by atoms with Crippen LogP contribution in [-0.2, 0) is 0 Å². The predicted molar refractivity (Wildman–Crippen MR) is 71.6 cm³/mol. The Hall–Kier alpha value is -2.17. The molecule has 0 spiro atoms. The van der Waals surface area contributed by atoms with Gasteiger partial charge in [0.05, 0.1) is 0 Å². The van der Waals surface area contributed by atoms with Crippen LogP contribution in [0.15, 0.2) is 28.8 Å². The molecule has 1 aromatic heterocycles. The number of nitrogens with zero attached hydrogens (tertiary/aromatic N) is 2. The average Bonchev–Trinajstić information content (AvgIpc) is 2.83. The summed E-state index contributed by atoms with van der Waals surface area (Å²) < 4.78 is 5.07. The first-order chi connectivity index (χ1) is 9.06. The number of rotatable bonds is 4. The summed E-state index contributed by atoms with van der Waals surface area (Å²) in [6, 6.07) is 7.11. The fourth-order valence-electron chi connectivity index (χ4n) is 1.58. The zero-order valence-corrected chi connectivity index (χ0v) is 11.3. The molecule has 0 fully saturated rings. The third-order valence-corrected chi connectivity index (χ3v) is 2.59. The quantitative estimate of drug-likeness (QED) is 0.915. The van der Waals surface area contributed by atoms with Gasteiger partial charge in [0.15, 0.2) is 5.82 Å². The van der Waals surface area contributed by atoms with E-state index in [1.807, 2.05) is 0 Å². The first-order valence-electron chi connectivity index (χ1n) is 6.25. The van der Waals surface area contributed by atoms with E-state index in [1.54, 1.807) is 31.2 Å². The van der Waals surface area contributed by atoms with Gasteiger partial charge in [-0.2, -0.15) is 4.98 Å². The van der Waals surface area contributed by atoms with Crippen LogP contribution in [0.1, 0.15) is 30.0 Å². The van der Waals surface area contributed by atoms with Gasteiger partial charge in [-0.1, -0.05) is 19.0 Å². The normalized spacial score (nSPS) is 10.7. The van der Waals surface area contributed by atoms with Gasteiger partial charge in [-0.05, 0) is 37.1 Å². The Morgan fingerprint density at radius 2 is 2.00 bits per heavy atom. The molecule has 0 radical (unpaired) electrons. The maximum absolute atomic E-state index is 11.8. The van der Waals surface area contributed by atoms with E-state index in [-0.39, 0.29) is 5.91 Å². The molecular weight excluding hydrogens is 242 g/mol. The molecule has 0 atom stereocenters. The Morgan fingerprint density at radius 3 is 2.53 bits per heavy atom. The lowest BCUT2D eigenvalue weighted by Crippen LogP contribution is -2.27. The molecule has 5 nitrogen and oxygen atoms in total. The van der Waals surface area contributed by atoms with E-state index in [0.29, 0.717) is 29.7 Å². The summed E-state index contributed by atoms with van der Waals surface area (Å²) in [7, 11) is 0. The molecule has 0 unspecified atom stereocenters. The van der Waals surface area contributed by atoms with Crippen molar-refractivity contribution in [3.8, 4) is 11.5 Å². The molecular formula is C14H17N3O2. The second-order valence-corrected chi connectivity index (χ2v) is 4.83. The van der Waals surface area contributed by atoms with Crippen molar-refractivity contribution in [3.05, 3.63) is 35.7 Å². The second kappa shape index (κ2) is 5.65. The molecule has 2 rings (SSSR count). The molecule has 0 aliphatic rings. The minimum Gasteiger partial charge on any atom is -0.352 e. The number of carbonyl (C=O) groups excluding carboxylic acids is 1. The van der Waals surface area contributed by atoms with Crippen LogP contribution in [0.5, 0.6) is 0 Å². The zero-order chi connectivity index (χ0) is 13.8. The lowest BCUT2D eigenvalue weighted by molar-refractivity contribution is 0.0949. The van der Waals surface area contributed by atoms with Crippen molar-refractivity contribution >= 4 is 5.91 Å². The first-order valence-corrected chi connectivity index (χ1v) is 6.25. The van der Waals surface area contributed by atoms with Crippen LogP contribution in [0.25, 0.3) is 11.5 Å². The molecule has 5 heteroatoms. The highest BCUT2D eigenvalue weighted by atomic mass is 16.5. The standard InChI is InChI=1S/C14H17N3O2/c1-9(2)8-15-13(18)11-4-6-12(7-5-11)14-16-10(3)17-19-14/h4-7,9H,8H2,1-3H3,(H,15,18). The molecule has 0 saturated carbocycles. The van der Waals surface area contributed by atoms with Crippen molar-refractivity contribution in [3.63, 3.8) is 0 Å². The van der Waals surface area contributed by atoms with Gasteiger partial charge in [0, 0.05) is 17.7 Å². The highest BCUT2D eigenvalue weighted by Gasteiger charge is 2.09. The van der Waals surface area contributed by atoms with Gasteiger partial charge in [-0.15, -0.1) is 0 Å². The molecule has 19 heavy (non-hydrogen) atoms. The van der Waals surface area contributed by atoms with Crippen LogP contribution < -0.4 is 5.32 Å². The van der Waals surface area contributed by atoms with Gasteiger partial charge in [0.1, 0.15) is 0 Å². The smallest absolute Gasteiger partial charge is 0.257 e. The van der Waals surface area contributed by atoms with E-state index in [9.17, 15) is 4.79 Å². The molecule has 2 aromatic rings. The van der Waals surface area contributed by atoms with E-state index < -0.39 is 0 Å². The van der Waals surface area contributed by atoms with Gasteiger partial charge >= 0.3 is 0 Å². The Bertz CT molecular complexity index is 558. The molecule has 0 bridgehead atoms. The Kier molecular flexibility index (Phi) is 3.94. The minimum atomic E-state index is -0.0676. The van der Waals surface area contributed by atoms with Gasteiger partial charge in [0.25, 0.3) is 11.8 Å². The van der Waals surface area contributed by atoms with E-state index in [0.717, 1.165) is 5.56 Å². The number of aryl methyl sites for hydroxylation is 1. The SMILES string of the molecule is Cc1noc(-c2ccc(C(=O)NCC(C)C)cc2)n1.